The first-order chi connectivity index (χ1) is 17.7. The number of aromatic nitrogens is 1. The van der Waals surface area contributed by atoms with Crippen molar-refractivity contribution in [2.24, 2.45) is 10.9 Å². The monoisotopic (exact) mass is 568 g/mol. The van der Waals surface area contributed by atoms with Gasteiger partial charge in [-0.25, -0.2) is 26.9 Å². The number of amidine groups is 1. The molecule has 0 spiro atoms. The average Bonchev–Trinajstić information content (AvgIpc) is 3.41. The van der Waals surface area contributed by atoms with E-state index in [1.54, 1.807) is 11.6 Å². The Morgan fingerprint density at radius 1 is 1.30 bits per heavy atom. The molecule has 1 saturated heterocycles. The number of thiazole rings is 1. The third-order valence-corrected chi connectivity index (χ3v) is 10.5. The van der Waals surface area contributed by atoms with Crippen LogP contribution in [0, 0.1) is 11.7 Å². The summed E-state index contributed by atoms with van der Waals surface area (Å²) in [6, 6.07) is 3.07. The number of methoxy groups -OCH3 is 1. The Labute approximate surface area is 223 Å². The zero-order valence-electron chi connectivity index (χ0n) is 19.9. The number of sulfonamides is 1. The van der Waals surface area contributed by atoms with Crippen LogP contribution in [0.5, 0.6) is 0 Å². The number of allylic oxidation sites excluding steroid dienone is 1. The van der Waals surface area contributed by atoms with Crippen molar-refractivity contribution in [3.63, 3.8) is 0 Å². The van der Waals surface area contributed by atoms with E-state index in [1.165, 1.54) is 41.0 Å². The fraction of sp³-hybridized carbons (Fsp3) is 0.458. The molecule has 1 atom stereocenters. The summed E-state index contributed by atoms with van der Waals surface area (Å²) in [7, 11) is -2.22. The Hall–Kier alpha value is -2.38. The van der Waals surface area contributed by atoms with Gasteiger partial charge in [-0.1, -0.05) is 17.7 Å². The van der Waals surface area contributed by atoms with E-state index in [0.29, 0.717) is 34.9 Å². The smallest absolute Gasteiger partial charge is 0.338 e. The fourth-order valence-corrected chi connectivity index (χ4v) is 7.94. The van der Waals surface area contributed by atoms with E-state index in [0.717, 1.165) is 0 Å². The molecule has 2 fully saturated rings. The molecule has 37 heavy (non-hydrogen) atoms. The third-order valence-electron chi connectivity index (χ3n) is 7.09. The second-order valence-corrected chi connectivity index (χ2v) is 12.8. The van der Waals surface area contributed by atoms with Gasteiger partial charge in [0.05, 0.1) is 24.0 Å². The molecule has 5 rings (SSSR count). The second-order valence-electron chi connectivity index (χ2n) is 9.29. The highest BCUT2D eigenvalue weighted by Crippen LogP contribution is 2.40. The number of aliphatic hydroxyl groups is 1. The second kappa shape index (κ2) is 10.4. The first-order valence-corrected chi connectivity index (χ1v) is 14.6. The van der Waals surface area contributed by atoms with Crippen molar-refractivity contribution in [3.8, 4) is 0 Å². The molecule has 2 N–H and O–H groups in total. The van der Waals surface area contributed by atoms with Crippen molar-refractivity contribution in [1.82, 2.24) is 14.6 Å². The van der Waals surface area contributed by atoms with E-state index < -0.39 is 39.2 Å². The molecule has 9 nitrogen and oxygen atoms in total. The number of nitrogens with one attached hydrogen (secondary N) is 1. The van der Waals surface area contributed by atoms with Crippen molar-refractivity contribution in [2.75, 3.05) is 20.2 Å². The molecule has 0 radical (unpaired) electrons. The van der Waals surface area contributed by atoms with Crippen LogP contribution < -0.4 is 5.32 Å². The fourth-order valence-electron chi connectivity index (χ4n) is 5.01. The van der Waals surface area contributed by atoms with E-state index in [1.807, 2.05) is 0 Å². The van der Waals surface area contributed by atoms with Crippen LogP contribution in [0.1, 0.15) is 42.3 Å². The summed E-state index contributed by atoms with van der Waals surface area (Å²) in [6.07, 6.45) is 2.53. The maximum absolute atomic E-state index is 13.8. The molecule has 0 bridgehead atoms. The first-order valence-electron chi connectivity index (χ1n) is 11.9. The molecule has 1 aromatic carbocycles. The van der Waals surface area contributed by atoms with Gasteiger partial charge in [0.15, 0.2) is 10.8 Å². The number of carbonyl (C=O) groups excluding carboxylic acids is 1. The van der Waals surface area contributed by atoms with Gasteiger partial charge in [-0.2, -0.15) is 0 Å². The lowest BCUT2D eigenvalue weighted by Crippen LogP contribution is -2.50. The highest BCUT2D eigenvalue weighted by atomic mass is 35.5. The minimum Gasteiger partial charge on any atom is -0.466 e. The summed E-state index contributed by atoms with van der Waals surface area (Å²) in [5.41, 5.74) is 1.27. The molecular weight excluding hydrogens is 543 g/mol. The van der Waals surface area contributed by atoms with Gasteiger partial charge in [0.2, 0.25) is 10.0 Å². The number of piperidine rings is 1. The Morgan fingerprint density at radius 3 is 2.62 bits per heavy atom. The summed E-state index contributed by atoms with van der Waals surface area (Å²) in [4.78, 5) is 22.2. The number of ether oxygens (including phenoxy) is 1. The van der Waals surface area contributed by atoms with Crippen LogP contribution in [0.2, 0.25) is 5.02 Å². The third kappa shape index (κ3) is 5.05. The van der Waals surface area contributed by atoms with Gasteiger partial charge in [0.25, 0.3) is 0 Å². The van der Waals surface area contributed by atoms with Crippen molar-refractivity contribution >= 4 is 44.8 Å². The summed E-state index contributed by atoms with van der Waals surface area (Å²) in [5, 5.41) is 14.8. The Morgan fingerprint density at radius 2 is 2.03 bits per heavy atom. The predicted octanol–water partition coefficient (Wildman–Crippen LogP) is 3.02. The lowest BCUT2D eigenvalue weighted by atomic mass is 9.86. The normalized spacial score (nSPS) is 25.3. The van der Waals surface area contributed by atoms with Crippen LogP contribution >= 0.6 is 22.9 Å². The number of halogens is 2. The van der Waals surface area contributed by atoms with Crippen molar-refractivity contribution in [2.45, 2.75) is 43.1 Å². The largest absolute Gasteiger partial charge is 0.466 e. The molecule has 3 aliphatic rings. The van der Waals surface area contributed by atoms with Crippen LogP contribution in [0.4, 0.5) is 4.39 Å². The van der Waals surface area contributed by atoms with Crippen LogP contribution in [0.15, 0.2) is 46.0 Å². The summed E-state index contributed by atoms with van der Waals surface area (Å²) >= 11 is 7.77. The maximum Gasteiger partial charge on any atom is 0.338 e. The van der Waals surface area contributed by atoms with Gasteiger partial charge in [-0.3, -0.25) is 4.99 Å². The van der Waals surface area contributed by atoms with Crippen LogP contribution in [-0.4, -0.2) is 66.2 Å². The SMILES string of the molecule is COC(=O)C1=C(C2CCN(S(=O)(=O)[C@H]3C[C@@H](O)C3)CC2)NC(c2nccs2)=N[C@@H]1c1ccc(F)cc1Cl. The number of rotatable bonds is 6. The number of aliphatic hydroxyl groups excluding tert-OH is 1. The number of hydrogen-bond donors (Lipinski definition) is 2. The number of benzene rings is 1. The van der Waals surface area contributed by atoms with Crippen LogP contribution in [0.3, 0.4) is 0 Å². The van der Waals surface area contributed by atoms with Gasteiger partial charge in [-0.05, 0) is 37.8 Å². The summed E-state index contributed by atoms with van der Waals surface area (Å²) in [5.74, 6) is -0.863. The maximum atomic E-state index is 13.8. The van der Waals surface area contributed by atoms with Crippen molar-refractivity contribution in [1.29, 1.82) is 0 Å². The number of carbonyl (C=O) groups is 1. The minimum absolute atomic E-state index is 0.124. The number of esters is 1. The minimum atomic E-state index is -3.50. The molecule has 2 aliphatic heterocycles. The zero-order valence-corrected chi connectivity index (χ0v) is 22.3. The van der Waals surface area contributed by atoms with Crippen LogP contribution in [0.25, 0.3) is 0 Å². The topological polar surface area (TPSA) is 121 Å². The quantitative estimate of drug-likeness (QED) is 0.514. The van der Waals surface area contributed by atoms with Gasteiger partial charge in [0, 0.05) is 46.9 Å². The van der Waals surface area contributed by atoms with E-state index in [-0.39, 0.29) is 42.4 Å². The van der Waals surface area contributed by atoms with Gasteiger partial charge < -0.3 is 15.2 Å². The highest BCUT2D eigenvalue weighted by molar-refractivity contribution is 7.89. The molecule has 3 heterocycles. The van der Waals surface area contributed by atoms with Crippen molar-refractivity contribution < 1.29 is 27.4 Å². The highest BCUT2D eigenvalue weighted by Gasteiger charge is 2.43. The summed E-state index contributed by atoms with van der Waals surface area (Å²) in [6.45, 7) is 0.565. The van der Waals surface area contributed by atoms with Gasteiger partial charge in [-0.15, -0.1) is 11.3 Å². The Bertz CT molecular complexity index is 1350. The molecule has 0 unspecified atom stereocenters. The number of hydrogen-bond acceptors (Lipinski definition) is 9. The first kappa shape index (κ1) is 26.2. The molecule has 1 saturated carbocycles. The molecule has 2 aromatic rings. The predicted molar refractivity (Wildman–Crippen MR) is 137 cm³/mol. The van der Waals surface area contributed by atoms with Gasteiger partial charge >= 0.3 is 5.97 Å². The van der Waals surface area contributed by atoms with Gasteiger partial charge in [0.1, 0.15) is 11.9 Å². The molecular formula is C24H26ClFN4O5S2. The van der Waals surface area contributed by atoms with E-state index in [4.69, 9.17) is 21.3 Å². The summed E-state index contributed by atoms with van der Waals surface area (Å²) < 4.78 is 46.4. The molecule has 0 amide bonds. The molecule has 198 valence electrons. The number of nitrogens with zero attached hydrogens (tertiary/aromatic N) is 3. The van der Waals surface area contributed by atoms with E-state index in [2.05, 4.69) is 10.3 Å². The Balaban J connectivity index is 1.50. The number of aliphatic imine (C=N–C) groups is 1. The standard InChI is InChI=1S/C24H26ClFN4O5S2/c1-35-24(32)19-20(13-4-7-30(8-5-13)37(33,34)16-11-15(31)12-16)28-22(23-27-6-9-36-23)29-21(19)17-3-2-14(26)10-18(17)25/h2-3,6,9-10,13,15-16,21,31H,4-5,7-8,11-12H2,1H3,(H,28,29)/t15-,16+,21-/m1/s1. The lowest BCUT2D eigenvalue weighted by Gasteiger charge is -2.39. The zero-order chi connectivity index (χ0) is 26.3. The van der Waals surface area contributed by atoms with Crippen LogP contribution in [-0.2, 0) is 19.6 Å². The molecule has 1 aromatic heterocycles. The van der Waals surface area contributed by atoms with E-state index in [9.17, 15) is 22.7 Å². The molecule has 1 aliphatic carbocycles. The lowest BCUT2D eigenvalue weighted by molar-refractivity contribution is -0.136. The van der Waals surface area contributed by atoms with Crippen molar-refractivity contribution in [3.05, 3.63) is 62.5 Å². The molecule has 13 heteroatoms. The average molecular weight is 569 g/mol. The van der Waals surface area contributed by atoms with E-state index >= 15 is 0 Å². The Kier molecular flexibility index (Phi) is 7.38.